The van der Waals surface area contributed by atoms with Crippen LogP contribution in [0.3, 0.4) is 0 Å². The molecule has 7 heteroatoms. The van der Waals surface area contributed by atoms with E-state index >= 15 is 0 Å². The fourth-order valence-electron chi connectivity index (χ4n) is 2.33. The number of amides is 1. The second kappa shape index (κ2) is 7.52. The van der Waals surface area contributed by atoms with Gasteiger partial charge in [0.05, 0.1) is 5.69 Å². The highest BCUT2D eigenvalue weighted by molar-refractivity contribution is 6.04. The van der Waals surface area contributed by atoms with Crippen molar-refractivity contribution in [2.75, 3.05) is 11.1 Å². The average molecular weight is 351 g/mol. The summed E-state index contributed by atoms with van der Waals surface area (Å²) in [6.07, 6.45) is 0. The van der Waals surface area contributed by atoms with Crippen LogP contribution in [0.25, 0.3) is 0 Å². The topological polar surface area (TPSA) is 107 Å². The number of aryl methyl sites for hydroxylation is 1. The zero-order chi connectivity index (χ0) is 18.5. The second-order valence-electron chi connectivity index (χ2n) is 5.60. The Kier molecular flexibility index (Phi) is 4.98. The average Bonchev–Trinajstić information content (AvgIpc) is 2.99. The fraction of sp³-hybridized carbons (Fsp3) is 0.105. The standard InChI is InChI=1S/C19H17N3O4/c1-12-16(17(20)26-22-12)19(24)25-11-13-7-9-14(10-8-13)18(23)21-15-5-3-2-4-6-15/h2-10H,11,20H2,1H3,(H,21,23). The second-order valence-corrected chi connectivity index (χ2v) is 5.60. The lowest BCUT2D eigenvalue weighted by atomic mass is 10.1. The van der Waals surface area contributed by atoms with Gasteiger partial charge in [0, 0.05) is 11.3 Å². The molecule has 0 aliphatic rings. The quantitative estimate of drug-likeness (QED) is 0.684. The lowest BCUT2D eigenvalue weighted by Gasteiger charge is -2.07. The van der Waals surface area contributed by atoms with Gasteiger partial charge in [0.15, 0.2) is 0 Å². The van der Waals surface area contributed by atoms with Crippen LogP contribution in [-0.4, -0.2) is 17.0 Å². The molecule has 26 heavy (non-hydrogen) atoms. The van der Waals surface area contributed by atoms with Crippen molar-refractivity contribution < 1.29 is 18.8 Å². The van der Waals surface area contributed by atoms with Gasteiger partial charge in [0.2, 0.25) is 5.88 Å². The highest BCUT2D eigenvalue weighted by atomic mass is 16.5. The maximum Gasteiger partial charge on any atom is 0.346 e. The number of benzene rings is 2. The van der Waals surface area contributed by atoms with Crippen LogP contribution in [0, 0.1) is 6.92 Å². The molecule has 0 saturated carbocycles. The zero-order valence-electron chi connectivity index (χ0n) is 14.1. The van der Waals surface area contributed by atoms with E-state index in [1.165, 1.54) is 0 Å². The molecular formula is C19H17N3O4. The first-order valence-corrected chi connectivity index (χ1v) is 7.89. The Balaban J connectivity index is 1.59. The van der Waals surface area contributed by atoms with E-state index in [2.05, 4.69) is 10.5 Å². The van der Waals surface area contributed by atoms with Crippen molar-refractivity contribution >= 4 is 23.4 Å². The molecule has 0 atom stereocenters. The Morgan fingerprint density at radius 2 is 1.81 bits per heavy atom. The van der Waals surface area contributed by atoms with Gasteiger partial charge in [-0.25, -0.2) is 4.79 Å². The van der Waals surface area contributed by atoms with Crippen LogP contribution in [0.5, 0.6) is 0 Å². The highest BCUT2D eigenvalue weighted by Gasteiger charge is 2.19. The van der Waals surface area contributed by atoms with E-state index in [9.17, 15) is 9.59 Å². The SMILES string of the molecule is Cc1noc(N)c1C(=O)OCc1ccc(C(=O)Nc2ccccc2)cc1. The maximum absolute atomic E-state index is 12.2. The van der Waals surface area contributed by atoms with E-state index in [1.54, 1.807) is 31.2 Å². The Bertz CT molecular complexity index is 898. The molecule has 1 aromatic heterocycles. The maximum atomic E-state index is 12.2. The highest BCUT2D eigenvalue weighted by Crippen LogP contribution is 2.17. The molecule has 0 saturated heterocycles. The molecule has 0 radical (unpaired) electrons. The molecule has 7 nitrogen and oxygen atoms in total. The van der Waals surface area contributed by atoms with Crippen molar-refractivity contribution in [2.45, 2.75) is 13.5 Å². The van der Waals surface area contributed by atoms with E-state index in [4.69, 9.17) is 15.0 Å². The Hall–Kier alpha value is -3.61. The summed E-state index contributed by atoms with van der Waals surface area (Å²) in [7, 11) is 0. The number of esters is 1. The van der Waals surface area contributed by atoms with Crippen molar-refractivity contribution in [3.8, 4) is 0 Å². The molecule has 3 N–H and O–H groups in total. The molecular weight excluding hydrogens is 334 g/mol. The molecule has 3 rings (SSSR count). The van der Waals surface area contributed by atoms with Crippen molar-refractivity contribution in [3.63, 3.8) is 0 Å². The van der Waals surface area contributed by atoms with Crippen LogP contribution in [0.4, 0.5) is 11.6 Å². The third kappa shape index (κ3) is 3.89. The van der Waals surface area contributed by atoms with Crippen LogP contribution < -0.4 is 11.1 Å². The number of carbonyl (C=O) groups excluding carboxylic acids is 2. The van der Waals surface area contributed by atoms with Crippen LogP contribution in [-0.2, 0) is 11.3 Å². The minimum Gasteiger partial charge on any atom is -0.457 e. The number of nitrogens with zero attached hydrogens (tertiary/aromatic N) is 1. The number of ether oxygens (including phenoxy) is 1. The molecule has 0 fully saturated rings. The van der Waals surface area contributed by atoms with Gasteiger partial charge in [0.25, 0.3) is 5.91 Å². The molecule has 132 valence electrons. The number of carbonyl (C=O) groups is 2. The Morgan fingerprint density at radius 3 is 2.42 bits per heavy atom. The van der Waals surface area contributed by atoms with Gasteiger partial charge in [-0.3, -0.25) is 4.79 Å². The van der Waals surface area contributed by atoms with Gasteiger partial charge in [-0.15, -0.1) is 0 Å². The number of para-hydroxylation sites is 1. The molecule has 2 aromatic carbocycles. The third-order valence-electron chi connectivity index (χ3n) is 3.71. The lowest BCUT2D eigenvalue weighted by molar-refractivity contribution is 0.0472. The normalized spacial score (nSPS) is 10.3. The van der Waals surface area contributed by atoms with Crippen LogP contribution in [0.2, 0.25) is 0 Å². The molecule has 1 amide bonds. The summed E-state index contributed by atoms with van der Waals surface area (Å²) in [6, 6.07) is 16.0. The summed E-state index contributed by atoms with van der Waals surface area (Å²) in [5.41, 5.74) is 8.02. The molecule has 0 bridgehead atoms. The molecule has 1 heterocycles. The summed E-state index contributed by atoms with van der Waals surface area (Å²) in [4.78, 5) is 24.2. The van der Waals surface area contributed by atoms with Crippen molar-refractivity contribution in [1.29, 1.82) is 0 Å². The first-order valence-electron chi connectivity index (χ1n) is 7.89. The predicted octanol–water partition coefficient (Wildman–Crippen LogP) is 3.17. The van der Waals surface area contributed by atoms with Gasteiger partial charge in [-0.2, -0.15) is 0 Å². The van der Waals surface area contributed by atoms with Crippen molar-refractivity contribution in [1.82, 2.24) is 5.16 Å². The first-order chi connectivity index (χ1) is 12.5. The summed E-state index contributed by atoms with van der Waals surface area (Å²) in [5, 5.41) is 6.42. The van der Waals surface area contributed by atoms with E-state index < -0.39 is 5.97 Å². The van der Waals surface area contributed by atoms with Gasteiger partial charge in [-0.1, -0.05) is 35.5 Å². The number of nitrogens with two attached hydrogens (primary N) is 1. The molecule has 0 unspecified atom stereocenters. The van der Waals surface area contributed by atoms with Crippen LogP contribution >= 0.6 is 0 Å². The summed E-state index contributed by atoms with van der Waals surface area (Å²) >= 11 is 0. The Labute approximate surface area is 149 Å². The van der Waals surface area contributed by atoms with E-state index in [-0.39, 0.29) is 24.0 Å². The van der Waals surface area contributed by atoms with Gasteiger partial charge >= 0.3 is 5.97 Å². The number of hydrogen-bond donors (Lipinski definition) is 2. The number of hydrogen-bond acceptors (Lipinski definition) is 6. The number of nitrogens with one attached hydrogen (secondary N) is 1. The fourth-order valence-corrected chi connectivity index (χ4v) is 2.33. The van der Waals surface area contributed by atoms with E-state index in [0.717, 1.165) is 11.3 Å². The third-order valence-corrected chi connectivity index (χ3v) is 3.71. The molecule has 0 aliphatic heterocycles. The molecule has 3 aromatic rings. The molecule has 0 spiro atoms. The summed E-state index contributed by atoms with van der Waals surface area (Å²) in [6.45, 7) is 1.65. The minimum atomic E-state index is -0.604. The first kappa shape index (κ1) is 17.2. The number of anilines is 2. The minimum absolute atomic E-state index is 0.0451. The smallest absolute Gasteiger partial charge is 0.346 e. The summed E-state index contributed by atoms with van der Waals surface area (Å²) < 4.78 is 9.95. The van der Waals surface area contributed by atoms with Gasteiger partial charge in [0.1, 0.15) is 12.2 Å². The Morgan fingerprint density at radius 1 is 1.12 bits per heavy atom. The van der Waals surface area contributed by atoms with Gasteiger partial charge in [-0.05, 0) is 36.8 Å². The zero-order valence-corrected chi connectivity index (χ0v) is 14.1. The van der Waals surface area contributed by atoms with Crippen LogP contribution in [0.15, 0.2) is 59.1 Å². The monoisotopic (exact) mass is 351 g/mol. The molecule has 0 aliphatic carbocycles. The largest absolute Gasteiger partial charge is 0.457 e. The van der Waals surface area contributed by atoms with Crippen LogP contribution in [0.1, 0.15) is 32.0 Å². The van der Waals surface area contributed by atoms with Crippen molar-refractivity contribution in [2.24, 2.45) is 0 Å². The number of aromatic nitrogens is 1. The van der Waals surface area contributed by atoms with Crippen molar-refractivity contribution in [3.05, 3.63) is 77.0 Å². The van der Waals surface area contributed by atoms with Gasteiger partial charge < -0.3 is 20.3 Å². The number of nitrogen functional groups attached to an aromatic ring is 1. The summed E-state index contributed by atoms with van der Waals surface area (Å²) in [5.74, 6) is -0.889. The van der Waals surface area contributed by atoms with E-state index in [0.29, 0.717) is 11.3 Å². The number of rotatable bonds is 5. The van der Waals surface area contributed by atoms with E-state index in [1.807, 2.05) is 30.3 Å². The lowest BCUT2D eigenvalue weighted by Crippen LogP contribution is -2.12. The predicted molar refractivity (Wildman–Crippen MR) is 95.6 cm³/mol.